The highest BCUT2D eigenvalue weighted by molar-refractivity contribution is 5.77. The molecule has 1 saturated heterocycles. The van der Waals surface area contributed by atoms with Gasteiger partial charge in [-0.25, -0.2) is 9.37 Å². The Bertz CT molecular complexity index is 1040. The number of morpholine rings is 1. The number of ether oxygens (including phenoxy) is 2. The SMILES string of the molecule is COc1ccc(Cn2c(CN3CCOCC3)nc3ccccc3c2=O)cc1F. The lowest BCUT2D eigenvalue weighted by molar-refractivity contribution is 0.0325. The van der Waals surface area contributed by atoms with Crippen molar-refractivity contribution in [1.82, 2.24) is 14.5 Å². The van der Waals surface area contributed by atoms with E-state index in [0.717, 1.165) is 13.1 Å². The maximum absolute atomic E-state index is 14.1. The first-order valence-electron chi connectivity index (χ1n) is 9.26. The molecule has 1 aliphatic rings. The smallest absolute Gasteiger partial charge is 0.261 e. The molecule has 0 spiro atoms. The Hall–Kier alpha value is -2.77. The number of benzene rings is 2. The average molecular weight is 383 g/mol. The van der Waals surface area contributed by atoms with Crippen LogP contribution in [-0.4, -0.2) is 47.9 Å². The minimum atomic E-state index is -0.448. The summed E-state index contributed by atoms with van der Waals surface area (Å²) >= 11 is 0. The van der Waals surface area contributed by atoms with Gasteiger partial charge in [0.25, 0.3) is 5.56 Å². The van der Waals surface area contributed by atoms with Crippen molar-refractivity contribution in [2.45, 2.75) is 13.1 Å². The summed E-state index contributed by atoms with van der Waals surface area (Å²) in [6.07, 6.45) is 0. The molecule has 28 heavy (non-hydrogen) atoms. The van der Waals surface area contributed by atoms with Crippen molar-refractivity contribution in [2.75, 3.05) is 33.4 Å². The summed E-state index contributed by atoms with van der Waals surface area (Å²) in [6, 6.07) is 12.1. The topological polar surface area (TPSA) is 56.6 Å². The van der Waals surface area contributed by atoms with E-state index < -0.39 is 5.82 Å². The zero-order chi connectivity index (χ0) is 19.5. The third-order valence-electron chi connectivity index (χ3n) is 4.97. The highest BCUT2D eigenvalue weighted by Gasteiger charge is 2.17. The summed E-state index contributed by atoms with van der Waals surface area (Å²) in [4.78, 5) is 20.1. The fourth-order valence-electron chi connectivity index (χ4n) is 3.45. The Morgan fingerprint density at radius 3 is 2.68 bits per heavy atom. The number of halogens is 1. The van der Waals surface area contributed by atoms with Crippen LogP contribution >= 0.6 is 0 Å². The predicted octanol–water partition coefficient (Wildman–Crippen LogP) is 2.42. The fraction of sp³-hybridized carbons (Fsp3) is 0.333. The molecule has 0 radical (unpaired) electrons. The quantitative estimate of drug-likeness (QED) is 0.677. The van der Waals surface area contributed by atoms with Crippen LogP contribution in [0, 0.1) is 5.82 Å². The van der Waals surface area contributed by atoms with Gasteiger partial charge in [-0.15, -0.1) is 0 Å². The van der Waals surface area contributed by atoms with Crippen LogP contribution in [0.15, 0.2) is 47.3 Å². The van der Waals surface area contributed by atoms with Crippen molar-refractivity contribution < 1.29 is 13.9 Å². The zero-order valence-electron chi connectivity index (χ0n) is 15.7. The lowest BCUT2D eigenvalue weighted by Crippen LogP contribution is -2.38. The van der Waals surface area contributed by atoms with Crippen molar-refractivity contribution in [1.29, 1.82) is 0 Å². The molecule has 1 aliphatic heterocycles. The van der Waals surface area contributed by atoms with Crippen LogP contribution in [-0.2, 0) is 17.8 Å². The summed E-state index contributed by atoms with van der Waals surface area (Å²) in [7, 11) is 1.43. The van der Waals surface area contributed by atoms with Crippen molar-refractivity contribution >= 4 is 10.9 Å². The first kappa shape index (κ1) is 18.6. The van der Waals surface area contributed by atoms with Crippen LogP contribution in [0.25, 0.3) is 10.9 Å². The van der Waals surface area contributed by atoms with E-state index in [1.165, 1.54) is 13.2 Å². The second-order valence-corrected chi connectivity index (χ2v) is 6.79. The molecular weight excluding hydrogens is 361 g/mol. The van der Waals surface area contributed by atoms with Crippen LogP contribution < -0.4 is 10.3 Å². The largest absolute Gasteiger partial charge is 0.494 e. The third kappa shape index (κ3) is 3.76. The maximum atomic E-state index is 14.1. The normalized spacial score (nSPS) is 15.1. The standard InChI is InChI=1S/C21H22FN3O3/c1-27-19-7-6-15(12-17(19)22)13-25-20(14-24-8-10-28-11-9-24)23-18-5-3-2-4-16(18)21(25)26/h2-7,12H,8-11,13-14H2,1H3. The fourth-order valence-corrected chi connectivity index (χ4v) is 3.45. The molecule has 146 valence electrons. The number of hydrogen-bond donors (Lipinski definition) is 0. The van der Waals surface area contributed by atoms with Crippen LogP contribution in [0.2, 0.25) is 0 Å². The highest BCUT2D eigenvalue weighted by Crippen LogP contribution is 2.19. The van der Waals surface area contributed by atoms with Gasteiger partial charge in [0.2, 0.25) is 0 Å². The molecule has 0 bridgehead atoms. The first-order valence-corrected chi connectivity index (χ1v) is 9.26. The van der Waals surface area contributed by atoms with E-state index in [0.29, 0.717) is 42.0 Å². The molecule has 1 fully saturated rings. The molecular formula is C21H22FN3O3. The van der Waals surface area contributed by atoms with Gasteiger partial charge in [0.05, 0.1) is 44.3 Å². The average Bonchev–Trinajstić information content (AvgIpc) is 2.72. The van der Waals surface area contributed by atoms with Gasteiger partial charge in [0.1, 0.15) is 5.82 Å². The minimum Gasteiger partial charge on any atom is -0.494 e. The summed E-state index contributed by atoms with van der Waals surface area (Å²) in [5, 5.41) is 0.558. The summed E-state index contributed by atoms with van der Waals surface area (Å²) in [5.41, 5.74) is 1.23. The third-order valence-corrected chi connectivity index (χ3v) is 4.97. The number of rotatable bonds is 5. The molecule has 7 heteroatoms. The number of para-hydroxylation sites is 1. The second-order valence-electron chi connectivity index (χ2n) is 6.79. The summed E-state index contributed by atoms with van der Waals surface area (Å²) in [5.74, 6) is 0.402. The van der Waals surface area contributed by atoms with Crippen LogP contribution in [0.4, 0.5) is 4.39 Å². The Labute approximate surface area is 162 Å². The molecule has 2 aromatic carbocycles. The summed E-state index contributed by atoms with van der Waals surface area (Å²) in [6.45, 7) is 3.71. The Balaban J connectivity index is 1.75. The molecule has 3 aromatic rings. The number of nitrogens with zero attached hydrogens (tertiary/aromatic N) is 3. The molecule has 0 atom stereocenters. The van der Waals surface area contributed by atoms with Gasteiger partial charge in [0.15, 0.2) is 11.6 Å². The van der Waals surface area contributed by atoms with E-state index >= 15 is 0 Å². The molecule has 2 heterocycles. The highest BCUT2D eigenvalue weighted by atomic mass is 19.1. The second kappa shape index (κ2) is 8.08. The van der Waals surface area contributed by atoms with Gasteiger partial charge >= 0.3 is 0 Å². The van der Waals surface area contributed by atoms with E-state index in [2.05, 4.69) is 4.90 Å². The molecule has 0 aliphatic carbocycles. The van der Waals surface area contributed by atoms with Crippen molar-refractivity contribution in [3.63, 3.8) is 0 Å². The molecule has 0 amide bonds. The number of methoxy groups -OCH3 is 1. The molecule has 6 nitrogen and oxygen atoms in total. The van der Waals surface area contributed by atoms with Crippen molar-refractivity contribution in [3.05, 3.63) is 70.0 Å². The van der Waals surface area contributed by atoms with Crippen molar-refractivity contribution in [3.8, 4) is 5.75 Å². The Morgan fingerprint density at radius 2 is 1.93 bits per heavy atom. The lowest BCUT2D eigenvalue weighted by Gasteiger charge is -2.27. The lowest BCUT2D eigenvalue weighted by atomic mass is 10.2. The molecule has 0 saturated carbocycles. The number of aromatic nitrogens is 2. The van der Waals surface area contributed by atoms with Crippen LogP contribution in [0.3, 0.4) is 0 Å². The van der Waals surface area contributed by atoms with Crippen molar-refractivity contribution in [2.24, 2.45) is 0 Å². The van der Waals surface area contributed by atoms with Gasteiger partial charge < -0.3 is 9.47 Å². The van der Waals surface area contributed by atoms with Gasteiger partial charge in [0, 0.05) is 13.1 Å². The molecule has 0 N–H and O–H groups in total. The van der Waals surface area contributed by atoms with E-state index in [1.54, 1.807) is 22.8 Å². The van der Waals surface area contributed by atoms with E-state index in [9.17, 15) is 9.18 Å². The van der Waals surface area contributed by atoms with Gasteiger partial charge in [-0.2, -0.15) is 0 Å². The number of fused-ring (bicyclic) bond motifs is 1. The van der Waals surface area contributed by atoms with Crippen LogP contribution in [0.5, 0.6) is 5.75 Å². The monoisotopic (exact) mass is 383 g/mol. The molecule has 1 aromatic heterocycles. The zero-order valence-corrected chi connectivity index (χ0v) is 15.7. The molecule has 0 unspecified atom stereocenters. The number of hydrogen-bond acceptors (Lipinski definition) is 5. The molecule has 4 rings (SSSR count). The Morgan fingerprint density at radius 1 is 1.14 bits per heavy atom. The minimum absolute atomic E-state index is 0.120. The summed E-state index contributed by atoms with van der Waals surface area (Å²) < 4.78 is 26.2. The van der Waals surface area contributed by atoms with Gasteiger partial charge in [-0.3, -0.25) is 14.3 Å². The first-order chi connectivity index (χ1) is 13.7. The Kier molecular flexibility index (Phi) is 5.36. The maximum Gasteiger partial charge on any atom is 0.261 e. The van der Waals surface area contributed by atoms with E-state index in [4.69, 9.17) is 14.5 Å². The predicted molar refractivity (Wildman–Crippen MR) is 104 cm³/mol. The van der Waals surface area contributed by atoms with Crippen LogP contribution in [0.1, 0.15) is 11.4 Å². The van der Waals surface area contributed by atoms with E-state index in [-0.39, 0.29) is 17.9 Å². The van der Waals surface area contributed by atoms with E-state index in [1.807, 2.05) is 18.2 Å². The van der Waals surface area contributed by atoms with Gasteiger partial charge in [-0.05, 0) is 29.8 Å². The van der Waals surface area contributed by atoms with Gasteiger partial charge in [-0.1, -0.05) is 18.2 Å².